The van der Waals surface area contributed by atoms with E-state index in [0.29, 0.717) is 6.04 Å². The van der Waals surface area contributed by atoms with E-state index in [0.717, 1.165) is 76.1 Å². The number of hydrogen-bond donors (Lipinski definition) is 1. The van der Waals surface area contributed by atoms with Crippen molar-refractivity contribution in [2.45, 2.75) is 12.5 Å². The number of aromatic nitrogens is 2. The van der Waals surface area contributed by atoms with Crippen LogP contribution in [-0.4, -0.2) is 73.4 Å². The number of rotatable bonds is 6. The second-order valence-electron chi connectivity index (χ2n) is 8.14. The molecule has 1 atom stereocenters. The summed E-state index contributed by atoms with van der Waals surface area (Å²) >= 11 is 0. The second-order valence-corrected chi connectivity index (χ2v) is 8.14. The van der Waals surface area contributed by atoms with Crippen molar-refractivity contribution in [2.24, 2.45) is 0 Å². The number of anilines is 1. The maximum atomic E-state index is 5.42. The van der Waals surface area contributed by atoms with Crippen LogP contribution in [0.25, 0.3) is 22.0 Å². The number of ether oxygens (including phenoxy) is 1. The first-order chi connectivity index (χ1) is 14.8. The lowest BCUT2D eigenvalue weighted by Gasteiger charge is -2.27. The minimum absolute atomic E-state index is 0.499. The lowest BCUT2D eigenvalue weighted by atomic mass is 10.1. The van der Waals surface area contributed by atoms with Crippen molar-refractivity contribution in [1.29, 1.82) is 0 Å². The number of fused-ring (bicyclic) bond motifs is 1. The molecule has 1 N–H and O–H groups in total. The van der Waals surface area contributed by atoms with E-state index in [1.54, 1.807) is 0 Å². The summed E-state index contributed by atoms with van der Waals surface area (Å²) in [5.74, 6) is 0.832. The first-order valence-electron chi connectivity index (χ1n) is 11.0. The Morgan fingerprint density at radius 2 is 1.87 bits per heavy atom. The average Bonchev–Trinajstić information content (AvgIpc) is 3.29. The van der Waals surface area contributed by atoms with E-state index in [4.69, 9.17) is 9.72 Å². The Labute approximate surface area is 177 Å². The van der Waals surface area contributed by atoms with E-state index >= 15 is 0 Å². The maximum absolute atomic E-state index is 5.42. The summed E-state index contributed by atoms with van der Waals surface area (Å²) in [5.41, 5.74) is 2.12. The molecule has 0 radical (unpaired) electrons. The molecule has 1 aromatic heterocycles. The van der Waals surface area contributed by atoms with Crippen LogP contribution in [0.4, 0.5) is 5.95 Å². The van der Waals surface area contributed by atoms with Gasteiger partial charge >= 0.3 is 0 Å². The third kappa shape index (κ3) is 4.46. The van der Waals surface area contributed by atoms with Gasteiger partial charge in [-0.1, -0.05) is 36.4 Å². The Balaban J connectivity index is 1.21. The van der Waals surface area contributed by atoms with Crippen LogP contribution in [0.5, 0.6) is 0 Å². The summed E-state index contributed by atoms with van der Waals surface area (Å²) in [4.78, 5) is 14.2. The van der Waals surface area contributed by atoms with Gasteiger partial charge in [-0.05, 0) is 29.3 Å². The molecular weight excluding hydrogens is 374 g/mol. The van der Waals surface area contributed by atoms with Crippen LogP contribution in [0.2, 0.25) is 0 Å². The van der Waals surface area contributed by atoms with E-state index in [2.05, 4.69) is 62.6 Å². The molecule has 2 aliphatic rings. The zero-order valence-electron chi connectivity index (χ0n) is 17.3. The van der Waals surface area contributed by atoms with Crippen molar-refractivity contribution in [3.63, 3.8) is 0 Å². The third-order valence-electron chi connectivity index (χ3n) is 6.12. The number of benzene rings is 2. The number of nitrogens with zero attached hydrogens (tertiary/aromatic N) is 4. The minimum Gasteiger partial charge on any atom is -0.379 e. The molecule has 0 spiro atoms. The molecule has 2 saturated heterocycles. The molecule has 2 fully saturated rings. The predicted molar refractivity (Wildman–Crippen MR) is 121 cm³/mol. The third-order valence-corrected chi connectivity index (χ3v) is 6.12. The lowest BCUT2D eigenvalue weighted by molar-refractivity contribution is 0.0382. The van der Waals surface area contributed by atoms with Gasteiger partial charge in [0.2, 0.25) is 5.95 Å². The first kappa shape index (κ1) is 19.4. The molecule has 2 aromatic carbocycles. The van der Waals surface area contributed by atoms with Crippen LogP contribution in [0.15, 0.2) is 54.7 Å². The first-order valence-corrected chi connectivity index (χ1v) is 11.0. The van der Waals surface area contributed by atoms with Gasteiger partial charge in [0, 0.05) is 57.1 Å². The highest BCUT2D eigenvalue weighted by molar-refractivity contribution is 5.86. The van der Waals surface area contributed by atoms with Gasteiger partial charge in [-0.25, -0.2) is 9.97 Å². The van der Waals surface area contributed by atoms with Crippen molar-refractivity contribution >= 4 is 16.7 Å². The van der Waals surface area contributed by atoms with Crippen molar-refractivity contribution in [2.75, 3.05) is 57.4 Å². The minimum atomic E-state index is 0.499. The van der Waals surface area contributed by atoms with Crippen molar-refractivity contribution in [3.05, 3.63) is 54.7 Å². The van der Waals surface area contributed by atoms with E-state index < -0.39 is 0 Å². The Bertz CT molecular complexity index is 988. The lowest BCUT2D eigenvalue weighted by Crippen LogP contribution is -2.43. The molecule has 2 aliphatic heterocycles. The van der Waals surface area contributed by atoms with Crippen LogP contribution in [0.1, 0.15) is 6.42 Å². The summed E-state index contributed by atoms with van der Waals surface area (Å²) < 4.78 is 5.42. The predicted octanol–water partition coefficient (Wildman–Crippen LogP) is 2.80. The number of morpholine rings is 1. The average molecular weight is 404 g/mol. The topological polar surface area (TPSA) is 53.5 Å². The maximum Gasteiger partial charge on any atom is 0.225 e. The van der Waals surface area contributed by atoms with Crippen molar-refractivity contribution in [1.82, 2.24) is 20.2 Å². The Hall–Kier alpha value is -2.54. The summed E-state index contributed by atoms with van der Waals surface area (Å²) in [6.45, 7) is 7.90. The highest BCUT2D eigenvalue weighted by atomic mass is 16.5. The van der Waals surface area contributed by atoms with Crippen molar-refractivity contribution < 1.29 is 4.74 Å². The van der Waals surface area contributed by atoms with Gasteiger partial charge in [0.05, 0.1) is 18.9 Å². The van der Waals surface area contributed by atoms with Gasteiger partial charge in [0.1, 0.15) is 0 Å². The summed E-state index contributed by atoms with van der Waals surface area (Å²) in [6.07, 6.45) is 3.01. The summed E-state index contributed by atoms with van der Waals surface area (Å²) in [5, 5.41) is 6.20. The van der Waals surface area contributed by atoms with Crippen LogP contribution in [-0.2, 0) is 4.74 Å². The van der Waals surface area contributed by atoms with Crippen LogP contribution in [0, 0.1) is 0 Å². The molecular formula is C24H29N5O. The van der Waals surface area contributed by atoms with Gasteiger partial charge < -0.3 is 15.0 Å². The SMILES string of the molecule is c1ccc2cc(-c3ccnc(N4CC[C@H](NCCN5CCOCC5)C4)n3)ccc2c1. The van der Waals surface area contributed by atoms with E-state index in [-0.39, 0.29) is 0 Å². The highest BCUT2D eigenvalue weighted by Gasteiger charge is 2.24. The number of hydrogen-bond acceptors (Lipinski definition) is 6. The van der Waals surface area contributed by atoms with Gasteiger partial charge in [-0.15, -0.1) is 0 Å². The number of nitrogens with one attached hydrogen (secondary N) is 1. The van der Waals surface area contributed by atoms with E-state index in [9.17, 15) is 0 Å². The molecule has 0 unspecified atom stereocenters. The van der Waals surface area contributed by atoms with E-state index in [1.165, 1.54) is 10.8 Å². The van der Waals surface area contributed by atoms with Crippen LogP contribution in [0.3, 0.4) is 0 Å². The van der Waals surface area contributed by atoms with Gasteiger partial charge in [0.15, 0.2) is 0 Å². The zero-order chi connectivity index (χ0) is 20.2. The molecule has 6 heteroatoms. The highest BCUT2D eigenvalue weighted by Crippen LogP contribution is 2.25. The Morgan fingerprint density at radius 1 is 1.00 bits per heavy atom. The molecule has 0 bridgehead atoms. The standard InChI is InChI=1S/C24H29N5O/c1-2-4-20-17-21(6-5-19(20)3-1)23-7-9-26-24(27-23)29-11-8-22(18-29)25-10-12-28-13-15-30-16-14-28/h1-7,9,17,22,25H,8,10-16,18H2/t22-/m0/s1. The van der Waals surface area contributed by atoms with Crippen molar-refractivity contribution in [3.8, 4) is 11.3 Å². The summed E-state index contributed by atoms with van der Waals surface area (Å²) in [6, 6.07) is 17.5. The molecule has 0 amide bonds. The van der Waals surface area contributed by atoms with E-state index in [1.807, 2.05) is 12.3 Å². The molecule has 156 valence electrons. The fourth-order valence-electron chi connectivity index (χ4n) is 4.37. The normalized spacial score (nSPS) is 20.1. The van der Waals surface area contributed by atoms with Crippen LogP contribution < -0.4 is 10.2 Å². The largest absolute Gasteiger partial charge is 0.379 e. The quantitative estimate of drug-likeness (QED) is 0.683. The Kier molecular flexibility index (Phi) is 5.88. The fraction of sp³-hybridized carbons (Fsp3) is 0.417. The van der Waals surface area contributed by atoms with Gasteiger partial charge in [-0.3, -0.25) is 4.90 Å². The molecule has 0 aliphatic carbocycles. The molecule has 30 heavy (non-hydrogen) atoms. The molecule has 6 nitrogen and oxygen atoms in total. The molecule has 0 saturated carbocycles. The Morgan fingerprint density at radius 3 is 2.77 bits per heavy atom. The monoisotopic (exact) mass is 403 g/mol. The zero-order valence-corrected chi connectivity index (χ0v) is 17.3. The van der Waals surface area contributed by atoms with Gasteiger partial charge in [-0.2, -0.15) is 0 Å². The molecule has 3 aromatic rings. The molecule has 5 rings (SSSR count). The smallest absolute Gasteiger partial charge is 0.225 e. The van der Waals surface area contributed by atoms with Gasteiger partial charge in [0.25, 0.3) is 0 Å². The summed E-state index contributed by atoms with van der Waals surface area (Å²) in [7, 11) is 0. The fourth-order valence-corrected chi connectivity index (χ4v) is 4.37. The van der Waals surface area contributed by atoms with Crippen LogP contribution >= 0.6 is 0 Å². The molecule has 3 heterocycles. The second kappa shape index (κ2) is 9.08.